The summed E-state index contributed by atoms with van der Waals surface area (Å²) in [5, 5.41) is 42.1. The molecule has 0 spiro atoms. The number of anilines is 1. The molecule has 5 aromatic rings. The van der Waals surface area contributed by atoms with E-state index in [9.17, 15) is 19.8 Å². The lowest BCUT2D eigenvalue weighted by Gasteiger charge is -2.24. The third-order valence-electron chi connectivity index (χ3n) is 8.68. The number of aromatic hydroxyl groups is 2. The van der Waals surface area contributed by atoms with Crippen molar-refractivity contribution >= 4 is 54.9 Å². The van der Waals surface area contributed by atoms with Gasteiger partial charge in [0.15, 0.2) is 28.1 Å². The van der Waals surface area contributed by atoms with Gasteiger partial charge in [-0.1, -0.05) is 11.6 Å². The number of hydrogen-bond donors (Lipinski definition) is 5. The number of aliphatic hydroxyl groups is 1. The quantitative estimate of drug-likeness (QED) is 0.0489. The summed E-state index contributed by atoms with van der Waals surface area (Å²) in [4.78, 5) is 27.4. The van der Waals surface area contributed by atoms with E-state index in [4.69, 9.17) is 28.8 Å². The monoisotopic (exact) mass is 646 g/mol. The van der Waals surface area contributed by atoms with Crippen LogP contribution in [0.2, 0.25) is 0 Å². The molecule has 248 valence electrons. The summed E-state index contributed by atoms with van der Waals surface area (Å²) in [6, 6.07) is 2.64. The summed E-state index contributed by atoms with van der Waals surface area (Å²) in [6.45, 7) is 5.04. The zero-order chi connectivity index (χ0) is 33.4. The lowest BCUT2D eigenvalue weighted by molar-refractivity contribution is 0.0341. The van der Waals surface area contributed by atoms with Gasteiger partial charge in [0.05, 0.1) is 70.8 Å². The Bertz CT molecular complexity index is 2130. The van der Waals surface area contributed by atoms with Crippen molar-refractivity contribution in [3.8, 4) is 28.7 Å². The number of methoxy groups -OCH3 is 3. The van der Waals surface area contributed by atoms with Crippen LogP contribution in [0.15, 0.2) is 27.3 Å². The summed E-state index contributed by atoms with van der Waals surface area (Å²) < 4.78 is 27.9. The average molecular weight is 647 g/mol. The fraction of sp³-hybridized carbons (Fsp3) is 0.371. The van der Waals surface area contributed by atoms with Crippen molar-refractivity contribution in [2.45, 2.75) is 13.3 Å². The van der Waals surface area contributed by atoms with Gasteiger partial charge < -0.3 is 49.6 Å². The number of hydrogen-bond acceptors (Lipinski definition) is 12. The van der Waals surface area contributed by atoms with E-state index in [1.807, 2.05) is 13.0 Å². The van der Waals surface area contributed by atoms with Crippen LogP contribution in [-0.4, -0.2) is 89.3 Å². The highest BCUT2D eigenvalue weighted by Gasteiger charge is 2.32. The van der Waals surface area contributed by atoms with E-state index in [0.29, 0.717) is 89.4 Å². The van der Waals surface area contributed by atoms with Gasteiger partial charge in [0, 0.05) is 64.3 Å². The molecule has 0 fully saturated rings. The Kier molecular flexibility index (Phi) is 9.11. The molecule has 1 aliphatic carbocycles. The van der Waals surface area contributed by atoms with E-state index >= 15 is 0 Å². The Morgan fingerprint density at radius 2 is 1.32 bits per heavy atom. The van der Waals surface area contributed by atoms with Gasteiger partial charge in [0.25, 0.3) is 0 Å². The Balaban J connectivity index is 1.56. The minimum Gasteiger partial charge on any atom is -0.505 e. The zero-order valence-electron chi connectivity index (χ0n) is 26.8. The molecular weight excluding hydrogens is 608 g/mol. The van der Waals surface area contributed by atoms with Gasteiger partial charge in [0.1, 0.15) is 11.5 Å². The molecule has 0 radical (unpaired) electrons. The molecule has 0 saturated carbocycles. The Morgan fingerprint density at radius 3 is 1.94 bits per heavy atom. The Hall–Kier alpha value is -4.62. The maximum Gasteiger partial charge on any atom is 0.194 e. The van der Waals surface area contributed by atoms with Crippen LogP contribution in [0.25, 0.3) is 49.2 Å². The summed E-state index contributed by atoms with van der Waals surface area (Å²) in [5.41, 5.74) is 1.73. The lowest BCUT2D eigenvalue weighted by atomic mass is 9.83. The van der Waals surface area contributed by atoms with Crippen molar-refractivity contribution in [1.29, 1.82) is 0 Å². The largest absolute Gasteiger partial charge is 0.505 e. The van der Waals surface area contributed by atoms with Gasteiger partial charge in [-0.3, -0.25) is 9.59 Å². The third kappa shape index (κ3) is 5.27. The number of benzene rings is 5. The normalized spacial score (nSPS) is 12.8. The van der Waals surface area contributed by atoms with E-state index in [1.165, 1.54) is 33.5 Å². The second-order valence-corrected chi connectivity index (χ2v) is 11.4. The van der Waals surface area contributed by atoms with Crippen molar-refractivity contribution in [2.24, 2.45) is 0 Å². The predicted molar refractivity (Wildman–Crippen MR) is 182 cm³/mol. The lowest BCUT2D eigenvalue weighted by Crippen LogP contribution is -2.26. The molecule has 0 heterocycles. The summed E-state index contributed by atoms with van der Waals surface area (Å²) in [7, 11) is 4.35. The highest BCUT2D eigenvalue weighted by atomic mass is 16.5. The SMILES string of the molecule is COc1c(O)c2c(=O)cc(OC)c3c4c(OC)cc(=O)c5c(O)c(NCCNCCOCCOCCO)c6c(c(c1C=C(C)C6)c23)c54. The Labute approximate surface area is 269 Å². The van der Waals surface area contributed by atoms with Crippen LogP contribution in [0.3, 0.4) is 0 Å². The molecule has 6 rings (SSSR count). The molecule has 12 nitrogen and oxygen atoms in total. The number of allylic oxidation sites excluding steroid dienone is 1. The summed E-state index contributed by atoms with van der Waals surface area (Å²) in [6.07, 6.45) is 2.31. The first kappa shape index (κ1) is 32.3. The van der Waals surface area contributed by atoms with E-state index in [-0.39, 0.29) is 52.7 Å². The number of fused-ring (bicyclic) bond motifs is 1. The van der Waals surface area contributed by atoms with Crippen molar-refractivity contribution in [2.75, 3.05) is 79.3 Å². The van der Waals surface area contributed by atoms with Crippen molar-refractivity contribution in [1.82, 2.24) is 5.32 Å². The first-order valence-corrected chi connectivity index (χ1v) is 15.4. The maximum atomic E-state index is 13.8. The van der Waals surface area contributed by atoms with Gasteiger partial charge in [-0.15, -0.1) is 0 Å². The van der Waals surface area contributed by atoms with Crippen LogP contribution in [0, 0.1) is 0 Å². The third-order valence-corrected chi connectivity index (χ3v) is 8.68. The molecule has 0 atom stereocenters. The van der Waals surface area contributed by atoms with E-state index in [1.54, 1.807) is 0 Å². The van der Waals surface area contributed by atoms with Crippen LogP contribution < -0.4 is 35.7 Å². The van der Waals surface area contributed by atoms with Crippen LogP contribution >= 0.6 is 0 Å². The molecule has 5 aromatic carbocycles. The first-order chi connectivity index (χ1) is 22.8. The minimum atomic E-state index is -0.449. The number of nitrogens with one attached hydrogen (secondary N) is 2. The second-order valence-electron chi connectivity index (χ2n) is 11.4. The van der Waals surface area contributed by atoms with E-state index < -0.39 is 10.9 Å². The number of rotatable bonds is 15. The number of ether oxygens (including phenoxy) is 5. The fourth-order valence-electron chi connectivity index (χ4n) is 6.85. The average Bonchev–Trinajstić information content (AvgIpc) is 3.20. The number of aliphatic hydroxyl groups excluding tert-OH is 1. The molecule has 12 heteroatoms. The van der Waals surface area contributed by atoms with Gasteiger partial charge in [0.2, 0.25) is 0 Å². The fourth-order valence-corrected chi connectivity index (χ4v) is 6.85. The predicted octanol–water partition coefficient (Wildman–Crippen LogP) is 3.32. The van der Waals surface area contributed by atoms with Gasteiger partial charge in [-0.25, -0.2) is 0 Å². The van der Waals surface area contributed by atoms with E-state index in [2.05, 4.69) is 10.6 Å². The van der Waals surface area contributed by atoms with Crippen LogP contribution in [-0.2, 0) is 15.9 Å². The zero-order valence-corrected chi connectivity index (χ0v) is 26.8. The molecular formula is C35H38N2O10. The molecule has 0 amide bonds. The highest BCUT2D eigenvalue weighted by Crippen LogP contribution is 2.56. The van der Waals surface area contributed by atoms with Crippen molar-refractivity contribution in [3.05, 3.63) is 49.3 Å². The molecule has 47 heavy (non-hydrogen) atoms. The standard InChI is InChI=1S/C35H38N2O10/c1-17-13-18-24-25-19(14-17)35(45-4)34(42)27-21(40)16-23(44-3)29(31(25)27)28-22(43-2)15-20(39)26(30(24)28)33(41)32(18)37-6-5-36-7-9-46-11-12-47-10-8-38/h14-16,36-38,41-42H,5-13H2,1-4H3. The molecule has 0 unspecified atom stereocenters. The minimum absolute atomic E-state index is 0.0242. The molecule has 5 N–H and O–H groups in total. The smallest absolute Gasteiger partial charge is 0.194 e. The van der Waals surface area contributed by atoms with Crippen molar-refractivity contribution < 1.29 is 39.0 Å². The number of phenols is 2. The summed E-state index contributed by atoms with van der Waals surface area (Å²) >= 11 is 0. The summed E-state index contributed by atoms with van der Waals surface area (Å²) in [5.74, 6) is 0.181. The number of phenolic OH excluding ortho intramolecular Hbond substituents is 2. The van der Waals surface area contributed by atoms with E-state index in [0.717, 1.165) is 11.1 Å². The second kappa shape index (κ2) is 13.2. The Morgan fingerprint density at radius 1 is 0.702 bits per heavy atom. The molecule has 0 saturated heterocycles. The van der Waals surface area contributed by atoms with Gasteiger partial charge in [-0.2, -0.15) is 0 Å². The molecule has 1 aliphatic rings. The van der Waals surface area contributed by atoms with Gasteiger partial charge >= 0.3 is 0 Å². The highest BCUT2D eigenvalue weighted by molar-refractivity contribution is 6.39. The van der Waals surface area contributed by atoms with Crippen molar-refractivity contribution in [3.63, 3.8) is 0 Å². The first-order valence-electron chi connectivity index (χ1n) is 15.4. The maximum absolute atomic E-state index is 13.8. The molecule has 0 aliphatic heterocycles. The van der Waals surface area contributed by atoms with Crippen LogP contribution in [0.5, 0.6) is 28.7 Å². The molecule has 0 aromatic heterocycles. The molecule has 0 bridgehead atoms. The van der Waals surface area contributed by atoms with Crippen LogP contribution in [0.4, 0.5) is 5.69 Å². The van der Waals surface area contributed by atoms with Crippen LogP contribution in [0.1, 0.15) is 18.1 Å². The van der Waals surface area contributed by atoms with Gasteiger partial charge in [-0.05, 0) is 24.3 Å². The topological polar surface area (TPSA) is 165 Å².